The molecular weight excluding hydrogens is 278 g/mol. The van der Waals surface area contributed by atoms with E-state index >= 15 is 0 Å². The molecule has 4 nitrogen and oxygen atoms in total. The fourth-order valence-electron chi connectivity index (χ4n) is 1.62. The average Bonchev–Trinajstić information content (AvgIpc) is 3.01. The van der Waals surface area contributed by atoms with E-state index in [0.717, 1.165) is 4.88 Å². The Morgan fingerprint density at radius 3 is 2.74 bits per heavy atom. The van der Waals surface area contributed by atoms with Gasteiger partial charge in [-0.05, 0) is 24.4 Å². The summed E-state index contributed by atoms with van der Waals surface area (Å²) >= 11 is 2.72. The first-order chi connectivity index (χ1) is 9.21. The number of hydrogen-bond acceptors (Lipinski definition) is 5. The van der Waals surface area contributed by atoms with E-state index in [1.165, 1.54) is 27.2 Å². The fraction of sp³-hybridized carbons (Fsp3) is 0.154. The zero-order valence-electron chi connectivity index (χ0n) is 10.1. The van der Waals surface area contributed by atoms with Gasteiger partial charge in [0, 0.05) is 11.4 Å². The second-order valence-electron chi connectivity index (χ2n) is 3.58. The van der Waals surface area contributed by atoms with Crippen molar-refractivity contribution in [2.75, 3.05) is 0 Å². The molecule has 2 aromatic rings. The van der Waals surface area contributed by atoms with Crippen molar-refractivity contribution in [3.8, 4) is 12.1 Å². The van der Waals surface area contributed by atoms with E-state index in [9.17, 15) is 4.79 Å². The molecule has 0 aromatic carbocycles. The topological polar surface area (TPSA) is 69.6 Å². The van der Waals surface area contributed by atoms with Crippen LogP contribution in [0.25, 0.3) is 11.6 Å². The van der Waals surface area contributed by atoms with Crippen LogP contribution >= 0.6 is 22.7 Å². The van der Waals surface area contributed by atoms with Gasteiger partial charge >= 0.3 is 0 Å². The molecule has 2 aromatic heterocycles. The first-order valence-corrected chi connectivity index (χ1v) is 7.20. The van der Waals surface area contributed by atoms with Gasteiger partial charge in [-0.3, -0.25) is 9.36 Å². The van der Waals surface area contributed by atoms with Crippen molar-refractivity contribution < 1.29 is 0 Å². The van der Waals surface area contributed by atoms with Crippen molar-refractivity contribution in [3.05, 3.63) is 41.9 Å². The highest BCUT2D eigenvalue weighted by Crippen LogP contribution is 2.08. The lowest BCUT2D eigenvalue weighted by Crippen LogP contribution is -2.31. The Hall–Kier alpha value is -2.15. The summed E-state index contributed by atoms with van der Waals surface area (Å²) in [6.07, 6.45) is 1.79. The molecule has 0 atom stereocenters. The van der Waals surface area contributed by atoms with Crippen LogP contribution in [0.5, 0.6) is 0 Å². The zero-order chi connectivity index (χ0) is 13.8. The summed E-state index contributed by atoms with van der Waals surface area (Å²) in [4.78, 5) is 13.2. The van der Waals surface area contributed by atoms with Gasteiger partial charge in [0.05, 0.1) is 4.53 Å². The molecule has 94 valence electrons. The van der Waals surface area contributed by atoms with Crippen molar-refractivity contribution in [2.45, 2.75) is 13.5 Å². The minimum atomic E-state index is -0.154. The molecule has 0 bridgehead atoms. The lowest BCUT2D eigenvalue weighted by Gasteiger charge is -1.93. The number of nitriles is 2. The standard InChI is InChI=1S/C13H9N3OS2/c1-2-16-12(17)11(6-10-4-3-5-18-10)19-13(16)9(7-14)8-15/h3-6H,2H2,1H3. The molecule has 6 heteroatoms. The first kappa shape index (κ1) is 13.3. The smallest absolute Gasteiger partial charge is 0.269 e. The van der Waals surface area contributed by atoms with Gasteiger partial charge in [0.2, 0.25) is 0 Å². The molecule has 19 heavy (non-hydrogen) atoms. The van der Waals surface area contributed by atoms with E-state index in [0.29, 0.717) is 15.7 Å². The highest BCUT2D eigenvalue weighted by molar-refractivity contribution is 7.11. The van der Waals surface area contributed by atoms with Crippen LogP contribution in [-0.4, -0.2) is 4.57 Å². The normalized spacial score (nSPS) is 11.0. The summed E-state index contributed by atoms with van der Waals surface area (Å²) in [7, 11) is 0. The third-order valence-electron chi connectivity index (χ3n) is 2.48. The van der Waals surface area contributed by atoms with Gasteiger partial charge in [0.25, 0.3) is 5.56 Å². The summed E-state index contributed by atoms with van der Waals surface area (Å²) < 4.78 is 2.44. The van der Waals surface area contributed by atoms with Crippen LogP contribution < -0.4 is 14.8 Å². The molecule has 0 aliphatic rings. The maximum absolute atomic E-state index is 12.2. The molecule has 0 amide bonds. The molecule has 2 heterocycles. The van der Waals surface area contributed by atoms with Crippen LogP contribution in [-0.2, 0) is 6.54 Å². The van der Waals surface area contributed by atoms with Crippen molar-refractivity contribution in [3.63, 3.8) is 0 Å². The van der Waals surface area contributed by atoms with Gasteiger partial charge in [0.1, 0.15) is 16.8 Å². The van der Waals surface area contributed by atoms with Gasteiger partial charge < -0.3 is 0 Å². The van der Waals surface area contributed by atoms with E-state index in [2.05, 4.69) is 0 Å². The van der Waals surface area contributed by atoms with Crippen molar-refractivity contribution in [1.29, 1.82) is 10.5 Å². The Balaban J connectivity index is 2.84. The molecular formula is C13H9N3OS2. The molecule has 0 aliphatic carbocycles. The summed E-state index contributed by atoms with van der Waals surface area (Å²) in [5.74, 6) is 0. The van der Waals surface area contributed by atoms with Crippen molar-refractivity contribution in [1.82, 2.24) is 4.57 Å². The predicted molar refractivity (Wildman–Crippen MR) is 76.0 cm³/mol. The first-order valence-electron chi connectivity index (χ1n) is 5.50. The molecule has 0 aliphatic heterocycles. The number of hydrogen-bond donors (Lipinski definition) is 0. The van der Waals surface area contributed by atoms with E-state index in [1.54, 1.807) is 6.08 Å². The van der Waals surface area contributed by atoms with Crippen LogP contribution in [0.1, 0.15) is 11.8 Å². The molecule has 0 spiro atoms. The summed E-state index contributed by atoms with van der Waals surface area (Å²) in [6.45, 7) is 2.26. The number of rotatable bonds is 2. The maximum atomic E-state index is 12.2. The van der Waals surface area contributed by atoms with Crippen molar-refractivity contribution in [2.24, 2.45) is 0 Å². The summed E-state index contributed by atoms with van der Waals surface area (Å²) in [6, 6.07) is 7.50. The van der Waals surface area contributed by atoms with Gasteiger partial charge in [0.15, 0.2) is 5.57 Å². The van der Waals surface area contributed by atoms with Crippen LogP contribution in [0.2, 0.25) is 0 Å². The Morgan fingerprint density at radius 1 is 1.47 bits per heavy atom. The van der Waals surface area contributed by atoms with E-state index in [1.807, 2.05) is 36.6 Å². The van der Waals surface area contributed by atoms with Gasteiger partial charge in [-0.1, -0.05) is 6.07 Å². The monoisotopic (exact) mass is 287 g/mol. The minimum absolute atomic E-state index is 0.0187. The third kappa shape index (κ3) is 2.50. The Morgan fingerprint density at radius 2 is 2.21 bits per heavy atom. The number of thiazole rings is 1. The number of thiophene rings is 1. The quantitative estimate of drug-likeness (QED) is 0.828. The minimum Gasteiger partial charge on any atom is -0.298 e. The zero-order valence-corrected chi connectivity index (χ0v) is 11.7. The molecule has 0 radical (unpaired) electrons. The van der Waals surface area contributed by atoms with Crippen LogP contribution in [0.15, 0.2) is 22.3 Å². The second-order valence-corrected chi connectivity index (χ2v) is 5.59. The number of aromatic nitrogens is 1. The highest BCUT2D eigenvalue weighted by Gasteiger charge is 2.07. The fourth-order valence-corrected chi connectivity index (χ4v) is 3.45. The van der Waals surface area contributed by atoms with E-state index in [-0.39, 0.29) is 11.1 Å². The van der Waals surface area contributed by atoms with Gasteiger partial charge in [-0.25, -0.2) is 0 Å². The molecule has 0 fully saturated rings. The molecule has 0 saturated heterocycles. The van der Waals surface area contributed by atoms with E-state index in [4.69, 9.17) is 10.5 Å². The highest BCUT2D eigenvalue weighted by atomic mass is 32.1. The van der Waals surface area contributed by atoms with Crippen LogP contribution in [0.3, 0.4) is 0 Å². The third-order valence-corrected chi connectivity index (χ3v) is 4.43. The average molecular weight is 287 g/mol. The summed E-state index contributed by atoms with van der Waals surface area (Å²) in [5, 5.41) is 19.8. The van der Waals surface area contributed by atoms with Crippen LogP contribution in [0, 0.1) is 22.7 Å². The molecule has 0 unspecified atom stereocenters. The molecule has 0 saturated carbocycles. The van der Waals surface area contributed by atoms with E-state index < -0.39 is 0 Å². The molecule has 0 N–H and O–H groups in total. The second kappa shape index (κ2) is 5.66. The van der Waals surface area contributed by atoms with Crippen molar-refractivity contribution >= 4 is 34.3 Å². The molecule has 2 rings (SSSR count). The largest absolute Gasteiger partial charge is 0.298 e. The van der Waals surface area contributed by atoms with Gasteiger partial charge in [-0.15, -0.1) is 22.7 Å². The number of nitrogens with zero attached hydrogens (tertiary/aromatic N) is 3. The predicted octanol–water partition coefficient (Wildman–Crippen LogP) is 1.02. The maximum Gasteiger partial charge on any atom is 0.269 e. The van der Waals surface area contributed by atoms with Crippen LogP contribution in [0.4, 0.5) is 0 Å². The Bertz CT molecular complexity index is 826. The SMILES string of the molecule is CCn1c(=C(C#N)C#N)sc(=Cc2cccs2)c1=O. The Kier molecular flexibility index (Phi) is 3.96. The lowest BCUT2D eigenvalue weighted by molar-refractivity contribution is 0.722. The Labute approximate surface area is 117 Å². The summed E-state index contributed by atoms with van der Waals surface area (Å²) in [5.41, 5.74) is -0.173. The van der Waals surface area contributed by atoms with Gasteiger partial charge in [-0.2, -0.15) is 10.5 Å². The lowest BCUT2D eigenvalue weighted by atomic mass is 10.4.